The smallest absolute Gasteiger partial charge is 0.224 e. The van der Waals surface area contributed by atoms with E-state index in [0.29, 0.717) is 6.42 Å². The van der Waals surface area contributed by atoms with Gasteiger partial charge in [-0.1, -0.05) is 45.0 Å². The van der Waals surface area contributed by atoms with Crippen molar-refractivity contribution in [3.05, 3.63) is 66.0 Å². The molecule has 1 N–H and O–H groups in total. The Kier molecular flexibility index (Phi) is 4.79. The average molecular weight is 333 g/mol. The summed E-state index contributed by atoms with van der Waals surface area (Å²) in [7, 11) is 0. The van der Waals surface area contributed by atoms with Crippen LogP contribution >= 0.6 is 0 Å². The molecule has 2 aromatic carbocycles. The van der Waals surface area contributed by atoms with Crippen molar-refractivity contribution in [3.8, 4) is 0 Å². The highest BCUT2D eigenvalue weighted by Crippen LogP contribution is 2.22. The van der Waals surface area contributed by atoms with Gasteiger partial charge in [0.15, 0.2) is 0 Å². The zero-order valence-corrected chi connectivity index (χ0v) is 14.9. The van der Waals surface area contributed by atoms with E-state index >= 15 is 0 Å². The number of aromatic nitrogens is 2. The second-order valence-electron chi connectivity index (χ2n) is 7.25. The maximum atomic E-state index is 12.2. The van der Waals surface area contributed by atoms with Gasteiger partial charge in [-0.25, -0.2) is 0 Å². The van der Waals surface area contributed by atoms with Crippen LogP contribution in [0.1, 0.15) is 38.3 Å². The number of rotatable bonds is 4. The fraction of sp³-hybridized carbons (Fsp3) is 0.286. The summed E-state index contributed by atoms with van der Waals surface area (Å²) in [6, 6.07) is 14.1. The number of hydrogen-bond donors (Lipinski definition) is 1. The van der Waals surface area contributed by atoms with Gasteiger partial charge in [0.2, 0.25) is 5.91 Å². The fourth-order valence-electron chi connectivity index (χ4n) is 2.69. The van der Waals surface area contributed by atoms with Crippen LogP contribution in [0.3, 0.4) is 0 Å². The first-order chi connectivity index (χ1) is 11.9. The van der Waals surface area contributed by atoms with Gasteiger partial charge in [-0.2, -0.15) is 0 Å². The lowest BCUT2D eigenvalue weighted by Gasteiger charge is -2.19. The van der Waals surface area contributed by atoms with Crippen LogP contribution in [0.4, 0.5) is 5.69 Å². The lowest BCUT2D eigenvalue weighted by Crippen LogP contribution is -2.13. The van der Waals surface area contributed by atoms with Crippen molar-refractivity contribution < 1.29 is 4.79 Å². The monoisotopic (exact) mass is 333 g/mol. The van der Waals surface area contributed by atoms with Crippen molar-refractivity contribution in [2.24, 2.45) is 0 Å². The summed E-state index contributed by atoms with van der Waals surface area (Å²) in [5, 5.41) is 2.93. The molecule has 0 radical (unpaired) electrons. The lowest BCUT2D eigenvalue weighted by molar-refractivity contribution is -0.116. The van der Waals surface area contributed by atoms with Crippen molar-refractivity contribution >= 4 is 22.6 Å². The third kappa shape index (κ3) is 4.41. The lowest BCUT2D eigenvalue weighted by atomic mass is 9.86. The maximum absolute atomic E-state index is 12.2. The van der Waals surface area contributed by atoms with Crippen LogP contribution in [0.15, 0.2) is 54.9 Å². The van der Waals surface area contributed by atoms with Crippen LogP contribution < -0.4 is 5.32 Å². The molecule has 0 aliphatic heterocycles. The van der Waals surface area contributed by atoms with Crippen molar-refractivity contribution in [1.82, 2.24) is 9.97 Å². The van der Waals surface area contributed by atoms with Crippen LogP contribution in [0.2, 0.25) is 0 Å². The second-order valence-corrected chi connectivity index (χ2v) is 7.25. The Morgan fingerprint density at radius 3 is 2.32 bits per heavy atom. The van der Waals surface area contributed by atoms with Gasteiger partial charge in [-0.15, -0.1) is 0 Å². The van der Waals surface area contributed by atoms with Crippen LogP contribution in [-0.2, 0) is 16.6 Å². The quantitative estimate of drug-likeness (QED) is 0.765. The molecule has 4 heteroatoms. The van der Waals surface area contributed by atoms with Crippen LogP contribution in [0.25, 0.3) is 11.0 Å². The number of nitrogens with zero attached hydrogens (tertiary/aromatic N) is 2. The first-order valence-electron chi connectivity index (χ1n) is 8.52. The number of carbonyl (C=O) groups excluding carboxylic acids is 1. The SMILES string of the molecule is CC(C)(C)c1ccc(CCC(=O)Nc2ccc3nccnc3c2)cc1. The molecular weight excluding hydrogens is 310 g/mol. The normalized spacial score (nSPS) is 11.5. The van der Waals surface area contributed by atoms with E-state index in [1.54, 1.807) is 12.4 Å². The molecule has 0 spiro atoms. The molecule has 1 heterocycles. The van der Waals surface area contributed by atoms with E-state index < -0.39 is 0 Å². The van der Waals surface area contributed by atoms with Crippen LogP contribution in [-0.4, -0.2) is 15.9 Å². The number of hydrogen-bond acceptors (Lipinski definition) is 3. The van der Waals surface area contributed by atoms with Gasteiger partial charge in [0.05, 0.1) is 11.0 Å². The van der Waals surface area contributed by atoms with Gasteiger partial charge >= 0.3 is 0 Å². The molecule has 25 heavy (non-hydrogen) atoms. The largest absolute Gasteiger partial charge is 0.326 e. The Balaban J connectivity index is 1.58. The predicted octanol–water partition coefficient (Wildman–Crippen LogP) is 4.50. The van der Waals surface area contributed by atoms with Gasteiger partial charge in [0.25, 0.3) is 0 Å². The number of fused-ring (bicyclic) bond motifs is 1. The van der Waals surface area contributed by atoms with Crippen molar-refractivity contribution in [2.75, 3.05) is 5.32 Å². The van der Waals surface area contributed by atoms with E-state index in [9.17, 15) is 4.79 Å². The second kappa shape index (κ2) is 7.01. The third-order valence-corrected chi connectivity index (χ3v) is 4.21. The average Bonchev–Trinajstić information content (AvgIpc) is 2.59. The predicted molar refractivity (Wildman–Crippen MR) is 102 cm³/mol. The van der Waals surface area contributed by atoms with Crippen LogP contribution in [0.5, 0.6) is 0 Å². The topological polar surface area (TPSA) is 54.9 Å². The van der Waals surface area contributed by atoms with Gasteiger partial charge < -0.3 is 5.32 Å². The minimum Gasteiger partial charge on any atom is -0.326 e. The number of anilines is 1. The Bertz CT molecular complexity index is 880. The molecule has 0 aliphatic carbocycles. The summed E-state index contributed by atoms with van der Waals surface area (Å²) < 4.78 is 0. The van der Waals surface area contributed by atoms with Crippen molar-refractivity contribution in [2.45, 2.75) is 39.0 Å². The molecule has 0 unspecified atom stereocenters. The zero-order valence-electron chi connectivity index (χ0n) is 14.9. The summed E-state index contributed by atoms with van der Waals surface area (Å²) in [6.45, 7) is 6.59. The van der Waals surface area contributed by atoms with Gasteiger partial charge in [-0.3, -0.25) is 14.8 Å². The van der Waals surface area contributed by atoms with E-state index in [0.717, 1.165) is 23.1 Å². The van der Waals surface area contributed by atoms with E-state index in [1.165, 1.54) is 11.1 Å². The molecular formula is C21H23N3O. The summed E-state index contributed by atoms with van der Waals surface area (Å²) in [4.78, 5) is 20.7. The number of benzene rings is 2. The number of aryl methyl sites for hydroxylation is 1. The molecule has 0 bridgehead atoms. The van der Waals surface area contributed by atoms with Gasteiger partial charge in [-0.05, 0) is 41.2 Å². The Labute approximate surface area is 148 Å². The van der Waals surface area contributed by atoms with Crippen molar-refractivity contribution in [1.29, 1.82) is 0 Å². The zero-order chi connectivity index (χ0) is 17.9. The van der Waals surface area contributed by atoms with E-state index in [2.05, 4.69) is 60.3 Å². The highest BCUT2D eigenvalue weighted by molar-refractivity contribution is 5.93. The minimum absolute atomic E-state index is 0.00291. The molecule has 128 valence electrons. The number of carbonyl (C=O) groups is 1. The molecule has 3 rings (SSSR count). The van der Waals surface area contributed by atoms with E-state index in [1.807, 2.05) is 18.2 Å². The molecule has 1 aromatic heterocycles. The molecule has 1 amide bonds. The Hall–Kier alpha value is -2.75. The molecule has 0 atom stereocenters. The standard InChI is InChI=1S/C21H23N3O/c1-21(2,3)16-7-4-15(5-8-16)6-11-20(25)24-17-9-10-18-19(14-17)23-13-12-22-18/h4-5,7-10,12-14H,6,11H2,1-3H3,(H,24,25). The molecule has 0 fully saturated rings. The van der Waals surface area contributed by atoms with Gasteiger partial charge in [0.1, 0.15) is 0 Å². The van der Waals surface area contributed by atoms with E-state index in [4.69, 9.17) is 0 Å². The third-order valence-electron chi connectivity index (χ3n) is 4.21. The van der Waals surface area contributed by atoms with E-state index in [-0.39, 0.29) is 11.3 Å². The summed E-state index contributed by atoms with van der Waals surface area (Å²) in [5.41, 5.74) is 4.97. The van der Waals surface area contributed by atoms with Gasteiger partial charge in [0, 0.05) is 24.5 Å². The molecule has 0 saturated heterocycles. The molecule has 0 saturated carbocycles. The summed E-state index contributed by atoms with van der Waals surface area (Å²) in [5.74, 6) is 0.00291. The van der Waals surface area contributed by atoms with Crippen molar-refractivity contribution in [3.63, 3.8) is 0 Å². The summed E-state index contributed by atoms with van der Waals surface area (Å²) in [6.07, 6.45) is 4.48. The molecule has 4 nitrogen and oxygen atoms in total. The molecule has 0 aliphatic rings. The number of amides is 1. The Morgan fingerprint density at radius 2 is 1.64 bits per heavy atom. The Morgan fingerprint density at radius 1 is 0.960 bits per heavy atom. The molecule has 3 aromatic rings. The van der Waals surface area contributed by atoms with Crippen LogP contribution in [0, 0.1) is 0 Å². The maximum Gasteiger partial charge on any atom is 0.224 e. The highest BCUT2D eigenvalue weighted by Gasteiger charge is 2.13. The fourth-order valence-corrected chi connectivity index (χ4v) is 2.69. The first-order valence-corrected chi connectivity index (χ1v) is 8.52. The number of nitrogens with one attached hydrogen (secondary N) is 1. The summed E-state index contributed by atoms with van der Waals surface area (Å²) >= 11 is 0. The first kappa shape index (κ1) is 17.1. The minimum atomic E-state index is 0.00291. The highest BCUT2D eigenvalue weighted by atomic mass is 16.1.